The van der Waals surface area contributed by atoms with Crippen LogP contribution in [0.15, 0.2) is 58.2 Å². The Labute approximate surface area is 151 Å². The largest absolute Gasteiger partial charge is 0.494 e. The highest BCUT2D eigenvalue weighted by Gasteiger charge is 2.14. The van der Waals surface area contributed by atoms with Gasteiger partial charge in [0.1, 0.15) is 11.5 Å². The summed E-state index contributed by atoms with van der Waals surface area (Å²) in [4.78, 5) is 1.28. The predicted molar refractivity (Wildman–Crippen MR) is 106 cm³/mol. The van der Waals surface area contributed by atoms with Crippen molar-refractivity contribution in [3.05, 3.63) is 69.3 Å². The molecular weight excluding hydrogens is 336 g/mol. The van der Waals surface area contributed by atoms with Gasteiger partial charge in [-0.1, -0.05) is 47.8 Å². The van der Waals surface area contributed by atoms with E-state index in [1.54, 1.807) is 23.5 Å². The van der Waals surface area contributed by atoms with E-state index in [2.05, 4.69) is 35.7 Å². The zero-order chi connectivity index (χ0) is 16.8. The van der Waals surface area contributed by atoms with Crippen LogP contribution in [0, 0.1) is 0 Å². The van der Waals surface area contributed by atoms with Crippen molar-refractivity contribution in [3.63, 3.8) is 0 Å². The van der Waals surface area contributed by atoms with Crippen molar-refractivity contribution in [1.82, 2.24) is 0 Å². The van der Waals surface area contributed by atoms with Gasteiger partial charge in [-0.25, -0.2) is 0 Å². The molecule has 0 N–H and O–H groups in total. The van der Waals surface area contributed by atoms with E-state index in [1.165, 1.54) is 20.3 Å². The number of ether oxygens (including phenoxy) is 2. The number of hydrogen-bond acceptors (Lipinski definition) is 4. The Morgan fingerprint density at radius 3 is 2.00 bits per heavy atom. The van der Waals surface area contributed by atoms with Crippen molar-refractivity contribution in [2.45, 2.75) is 13.8 Å². The van der Waals surface area contributed by atoms with Crippen molar-refractivity contribution in [2.24, 2.45) is 0 Å². The standard InChI is InChI=1S/C20H20O2S2/c1-3-21-17-9-5-15(6-10-17)13-20-23-14-19(24-20)16-7-11-18(12-8-16)22-4-2/h5-14H,3-4H2,1-2H3/b20-13-. The smallest absolute Gasteiger partial charge is 0.119 e. The van der Waals surface area contributed by atoms with E-state index < -0.39 is 0 Å². The van der Waals surface area contributed by atoms with Gasteiger partial charge in [-0.05, 0) is 60.7 Å². The van der Waals surface area contributed by atoms with Gasteiger partial charge in [-0.15, -0.1) is 0 Å². The molecular formula is C20H20O2S2. The van der Waals surface area contributed by atoms with Crippen LogP contribution in [0.5, 0.6) is 11.5 Å². The molecule has 124 valence electrons. The second-order valence-electron chi connectivity index (χ2n) is 5.12. The van der Waals surface area contributed by atoms with Crippen LogP contribution in [0.3, 0.4) is 0 Å². The van der Waals surface area contributed by atoms with Crippen molar-refractivity contribution in [1.29, 1.82) is 0 Å². The Kier molecular flexibility index (Phi) is 5.94. The third-order valence-corrected chi connectivity index (χ3v) is 5.70. The summed E-state index contributed by atoms with van der Waals surface area (Å²) in [7, 11) is 0. The highest BCUT2D eigenvalue weighted by atomic mass is 32.2. The second-order valence-corrected chi connectivity index (χ2v) is 7.38. The predicted octanol–water partition coefficient (Wildman–Crippen LogP) is 6.26. The van der Waals surface area contributed by atoms with Crippen LogP contribution in [0.2, 0.25) is 0 Å². The van der Waals surface area contributed by atoms with E-state index in [9.17, 15) is 0 Å². The summed E-state index contributed by atoms with van der Waals surface area (Å²) >= 11 is 3.57. The topological polar surface area (TPSA) is 18.5 Å². The molecule has 0 spiro atoms. The van der Waals surface area contributed by atoms with Crippen LogP contribution < -0.4 is 9.47 Å². The first-order chi connectivity index (χ1) is 11.8. The van der Waals surface area contributed by atoms with Gasteiger partial charge in [0.05, 0.1) is 13.2 Å². The van der Waals surface area contributed by atoms with Gasteiger partial charge < -0.3 is 9.47 Å². The lowest BCUT2D eigenvalue weighted by Gasteiger charge is -2.05. The van der Waals surface area contributed by atoms with Crippen LogP contribution in [-0.4, -0.2) is 13.2 Å². The van der Waals surface area contributed by atoms with Crippen LogP contribution in [0.1, 0.15) is 25.0 Å². The number of hydrogen-bond donors (Lipinski definition) is 0. The Morgan fingerprint density at radius 2 is 1.42 bits per heavy atom. The van der Waals surface area contributed by atoms with Crippen molar-refractivity contribution < 1.29 is 9.47 Å². The molecule has 3 rings (SSSR count). The Balaban J connectivity index is 1.65. The molecule has 0 atom stereocenters. The first kappa shape index (κ1) is 17.1. The van der Waals surface area contributed by atoms with E-state index >= 15 is 0 Å². The van der Waals surface area contributed by atoms with Crippen LogP contribution in [0.4, 0.5) is 0 Å². The second kappa shape index (κ2) is 8.36. The van der Waals surface area contributed by atoms with Gasteiger partial charge in [0.25, 0.3) is 0 Å². The zero-order valence-corrected chi connectivity index (χ0v) is 15.5. The lowest BCUT2D eigenvalue weighted by Crippen LogP contribution is -1.90. The maximum Gasteiger partial charge on any atom is 0.119 e. The molecule has 24 heavy (non-hydrogen) atoms. The highest BCUT2D eigenvalue weighted by molar-refractivity contribution is 8.31. The first-order valence-corrected chi connectivity index (χ1v) is 9.70. The maximum absolute atomic E-state index is 5.50. The first-order valence-electron chi connectivity index (χ1n) is 8.01. The van der Waals surface area contributed by atoms with Crippen LogP contribution in [-0.2, 0) is 0 Å². The van der Waals surface area contributed by atoms with Crippen molar-refractivity contribution in [3.8, 4) is 11.5 Å². The fourth-order valence-electron chi connectivity index (χ4n) is 2.30. The summed E-state index contributed by atoms with van der Waals surface area (Å²) in [6, 6.07) is 16.5. The Hall–Kier alpha value is -1.78. The molecule has 0 saturated heterocycles. The molecule has 2 aromatic rings. The molecule has 0 saturated carbocycles. The molecule has 1 heterocycles. The summed E-state index contributed by atoms with van der Waals surface area (Å²) in [6.45, 7) is 5.39. The Bertz CT molecular complexity index is 731. The molecule has 2 nitrogen and oxygen atoms in total. The van der Waals surface area contributed by atoms with Gasteiger partial charge in [0, 0.05) is 9.14 Å². The monoisotopic (exact) mass is 356 g/mol. The molecule has 0 amide bonds. The summed E-state index contributed by atoms with van der Waals surface area (Å²) in [5.41, 5.74) is 2.42. The molecule has 1 aliphatic rings. The number of thioether (sulfide) groups is 2. The van der Waals surface area contributed by atoms with Gasteiger partial charge >= 0.3 is 0 Å². The average Bonchev–Trinajstić information content (AvgIpc) is 3.06. The quantitative estimate of drug-likeness (QED) is 0.607. The van der Waals surface area contributed by atoms with E-state index in [0.717, 1.165) is 11.5 Å². The molecule has 0 fully saturated rings. The molecule has 0 unspecified atom stereocenters. The maximum atomic E-state index is 5.50. The van der Waals surface area contributed by atoms with E-state index in [1.807, 2.05) is 38.1 Å². The average molecular weight is 357 g/mol. The minimum absolute atomic E-state index is 0.696. The van der Waals surface area contributed by atoms with Crippen molar-refractivity contribution >= 4 is 34.5 Å². The molecule has 0 aromatic heterocycles. The third kappa shape index (κ3) is 4.40. The number of benzene rings is 2. The lowest BCUT2D eigenvalue weighted by atomic mass is 10.2. The SMILES string of the molecule is CCOc1ccc(/C=C2/SC=C(c3ccc(OCC)cc3)S2)cc1. The Morgan fingerprint density at radius 1 is 0.833 bits per heavy atom. The molecule has 0 bridgehead atoms. The fourth-order valence-corrected chi connectivity index (χ4v) is 4.48. The summed E-state index contributed by atoms with van der Waals surface area (Å²) in [5.74, 6) is 1.84. The van der Waals surface area contributed by atoms with Crippen LogP contribution >= 0.6 is 23.5 Å². The third-order valence-electron chi connectivity index (χ3n) is 3.42. The van der Waals surface area contributed by atoms with Crippen molar-refractivity contribution in [2.75, 3.05) is 13.2 Å². The minimum atomic E-state index is 0.696. The zero-order valence-electron chi connectivity index (χ0n) is 13.8. The van der Waals surface area contributed by atoms with Gasteiger partial charge in [-0.2, -0.15) is 0 Å². The molecule has 1 aliphatic heterocycles. The van der Waals surface area contributed by atoms with E-state index in [4.69, 9.17) is 9.47 Å². The van der Waals surface area contributed by atoms with Gasteiger partial charge in [0.2, 0.25) is 0 Å². The van der Waals surface area contributed by atoms with Gasteiger partial charge in [0.15, 0.2) is 0 Å². The minimum Gasteiger partial charge on any atom is -0.494 e. The molecule has 0 aliphatic carbocycles. The molecule has 2 aromatic carbocycles. The summed E-state index contributed by atoms with van der Waals surface area (Å²) < 4.78 is 12.3. The van der Waals surface area contributed by atoms with E-state index in [0.29, 0.717) is 13.2 Å². The number of rotatable bonds is 6. The lowest BCUT2D eigenvalue weighted by molar-refractivity contribution is 0.340. The summed E-state index contributed by atoms with van der Waals surface area (Å²) in [6.07, 6.45) is 2.21. The molecule has 0 radical (unpaired) electrons. The highest BCUT2D eigenvalue weighted by Crippen LogP contribution is 2.49. The fraction of sp³-hybridized carbons (Fsp3) is 0.200. The van der Waals surface area contributed by atoms with Gasteiger partial charge in [-0.3, -0.25) is 0 Å². The summed E-state index contributed by atoms with van der Waals surface area (Å²) in [5, 5.41) is 2.21. The normalized spacial score (nSPS) is 15.4. The van der Waals surface area contributed by atoms with Crippen LogP contribution in [0.25, 0.3) is 11.0 Å². The molecule has 4 heteroatoms. The van der Waals surface area contributed by atoms with E-state index in [-0.39, 0.29) is 0 Å².